The van der Waals surface area contributed by atoms with Gasteiger partial charge in [0.05, 0.1) is 29.8 Å². The van der Waals surface area contributed by atoms with Gasteiger partial charge < -0.3 is 0 Å². The summed E-state index contributed by atoms with van der Waals surface area (Å²) in [4.78, 5) is 16.9. The number of benzene rings is 1. The van der Waals surface area contributed by atoms with Crippen molar-refractivity contribution in [2.24, 2.45) is 13.0 Å². The van der Waals surface area contributed by atoms with Gasteiger partial charge in [0.2, 0.25) is 0 Å². The van der Waals surface area contributed by atoms with Crippen LogP contribution in [0.2, 0.25) is 5.02 Å². The molecule has 4 aromatic heterocycles. The van der Waals surface area contributed by atoms with Crippen molar-refractivity contribution >= 4 is 11.6 Å². The Kier molecular flexibility index (Phi) is 5.65. The summed E-state index contributed by atoms with van der Waals surface area (Å²) in [6.45, 7) is 0. The zero-order valence-electron chi connectivity index (χ0n) is 19.4. The fourth-order valence-electron chi connectivity index (χ4n) is 4.29. The predicted molar refractivity (Wildman–Crippen MR) is 134 cm³/mol. The second kappa shape index (κ2) is 9.12. The molecule has 1 aliphatic carbocycles. The predicted octanol–water partition coefficient (Wildman–Crippen LogP) is 3.72. The summed E-state index contributed by atoms with van der Waals surface area (Å²) in [7, 11) is 1.63. The molecule has 0 aliphatic heterocycles. The van der Waals surface area contributed by atoms with Crippen molar-refractivity contribution in [3.05, 3.63) is 88.6 Å². The minimum absolute atomic E-state index is 0.0156. The van der Waals surface area contributed by atoms with Crippen LogP contribution in [0.25, 0.3) is 27.9 Å². The van der Waals surface area contributed by atoms with Gasteiger partial charge in [-0.15, -0.1) is 5.10 Å². The maximum absolute atomic E-state index is 12.0. The molecule has 0 saturated heterocycles. The molecule has 36 heavy (non-hydrogen) atoms. The van der Waals surface area contributed by atoms with E-state index in [0.717, 1.165) is 40.1 Å². The highest BCUT2D eigenvalue weighted by Crippen LogP contribution is 2.39. The highest BCUT2D eigenvalue weighted by molar-refractivity contribution is 6.31. The molecule has 0 spiro atoms. The Labute approximate surface area is 211 Å². The van der Waals surface area contributed by atoms with Crippen LogP contribution in [0.3, 0.4) is 0 Å². The number of aromatic nitrogens is 9. The van der Waals surface area contributed by atoms with Crippen molar-refractivity contribution in [1.29, 1.82) is 0 Å². The van der Waals surface area contributed by atoms with E-state index in [2.05, 4.69) is 25.7 Å². The summed E-state index contributed by atoms with van der Waals surface area (Å²) < 4.78 is 4.85. The van der Waals surface area contributed by atoms with Crippen LogP contribution in [-0.2, 0) is 7.05 Å². The highest BCUT2D eigenvalue weighted by atomic mass is 35.5. The lowest BCUT2D eigenvalue weighted by Gasteiger charge is -2.18. The summed E-state index contributed by atoms with van der Waals surface area (Å²) in [5.41, 5.74) is 4.96. The van der Waals surface area contributed by atoms with Crippen LogP contribution in [0.15, 0.2) is 72.3 Å². The molecule has 11 heteroatoms. The molecule has 0 bridgehead atoms. The molecule has 180 valence electrons. The zero-order valence-corrected chi connectivity index (χ0v) is 20.2. The number of nitrogens with zero attached hydrogens (tertiary/aromatic N) is 9. The van der Waals surface area contributed by atoms with Crippen LogP contribution >= 0.6 is 11.6 Å². The molecule has 1 atom stereocenters. The van der Waals surface area contributed by atoms with Crippen molar-refractivity contribution in [2.45, 2.75) is 25.3 Å². The van der Waals surface area contributed by atoms with E-state index < -0.39 is 0 Å². The highest BCUT2D eigenvalue weighted by Gasteiger charge is 2.29. The molecule has 1 fully saturated rings. The summed E-state index contributed by atoms with van der Waals surface area (Å²) in [5.74, 6) is 0.661. The Bertz CT molecular complexity index is 1570. The summed E-state index contributed by atoms with van der Waals surface area (Å²) >= 11 is 6.31. The van der Waals surface area contributed by atoms with E-state index in [9.17, 15) is 4.79 Å². The van der Waals surface area contributed by atoms with Crippen LogP contribution in [0.4, 0.5) is 0 Å². The lowest BCUT2D eigenvalue weighted by Crippen LogP contribution is -2.17. The molecule has 4 heterocycles. The van der Waals surface area contributed by atoms with E-state index in [1.54, 1.807) is 36.5 Å². The van der Waals surface area contributed by atoms with E-state index in [0.29, 0.717) is 10.9 Å². The van der Waals surface area contributed by atoms with Gasteiger partial charge in [0.25, 0.3) is 5.56 Å². The second-order valence-corrected chi connectivity index (χ2v) is 9.43. The lowest BCUT2D eigenvalue weighted by molar-refractivity contribution is 0.455. The largest absolute Gasteiger partial charge is 0.268 e. The fourth-order valence-corrected chi connectivity index (χ4v) is 4.46. The average Bonchev–Trinajstić information content (AvgIpc) is 3.32. The number of rotatable bonds is 7. The third-order valence-corrected chi connectivity index (χ3v) is 6.70. The Morgan fingerprint density at radius 1 is 1.03 bits per heavy atom. The van der Waals surface area contributed by atoms with Crippen molar-refractivity contribution in [3.8, 4) is 27.9 Å². The standard InChI is InChI=1S/C25H22ClN9O/c1-33-25(36)9-18(12-29-33)19-13-30-34(14-19)24(8-16-2-3-16)22-6-4-17(11-27-22)21-10-20(26)5-7-23(21)35-15-28-31-32-35/h4-7,9-16,24H,2-3,8H2,1H3. The van der Waals surface area contributed by atoms with Gasteiger partial charge in [-0.2, -0.15) is 14.9 Å². The van der Waals surface area contributed by atoms with Gasteiger partial charge in [-0.25, -0.2) is 4.68 Å². The first-order chi connectivity index (χ1) is 17.5. The number of aryl methyl sites for hydroxylation is 1. The quantitative estimate of drug-likeness (QED) is 0.335. The number of halogens is 1. The minimum atomic E-state index is -0.158. The molecule has 0 amide bonds. The first-order valence-electron chi connectivity index (χ1n) is 11.6. The first kappa shape index (κ1) is 22.3. The molecule has 1 unspecified atom stereocenters. The van der Waals surface area contributed by atoms with Gasteiger partial charge in [-0.05, 0) is 47.0 Å². The van der Waals surface area contributed by atoms with E-state index >= 15 is 0 Å². The van der Waals surface area contributed by atoms with E-state index in [4.69, 9.17) is 16.6 Å². The van der Waals surface area contributed by atoms with Crippen LogP contribution in [0.1, 0.15) is 31.0 Å². The lowest BCUT2D eigenvalue weighted by atomic mass is 10.0. The first-order valence-corrected chi connectivity index (χ1v) is 12.0. The van der Waals surface area contributed by atoms with Crippen LogP contribution in [0.5, 0.6) is 0 Å². The van der Waals surface area contributed by atoms with Crippen LogP contribution < -0.4 is 5.56 Å². The van der Waals surface area contributed by atoms with Crippen molar-refractivity contribution in [1.82, 2.24) is 44.8 Å². The van der Waals surface area contributed by atoms with Gasteiger partial charge in [-0.3, -0.25) is 14.5 Å². The molecule has 6 rings (SSSR count). The minimum Gasteiger partial charge on any atom is -0.268 e. The second-order valence-electron chi connectivity index (χ2n) is 9.00. The molecule has 0 radical (unpaired) electrons. The molecular formula is C25H22ClN9O. The Morgan fingerprint density at radius 3 is 2.61 bits per heavy atom. The average molecular weight is 500 g/mol. The van der Waals surface area contributed by atoms with Gasteiger partial charge >= 0.3 is 0 Å². The normalized spacial score (nSPS) is 14.2. The Hall–Kier alpha value is -4.18. The molecule has 0 N–H and O–H groups in total. The monoisotopic (exact) mass is 499 g/mol. The van der Waals surface area contributed by atoms with Crippen molar-refractivity contribution in [2.75, 3.05) is 0 Å². The maximum atomic E-state index is 12.0. The van der Waals surface area contributed by atoms with E-state index in [1.807, 2.05) is 47.4 Å². The molecule has 1 aromatic carbocycles. The Morgan fingerprint density at radius 2 is 1.89 bits per heavy atom. The SMILES string of the molecule is Cn1ncc(-c2cnn(C(CC3CC3)c3ccc(-c4cc(Cl)ccc4-n4cnnn4)cn3)c2)cc1=O. The van der Waals surface area contributed by atoms with Crippen LogP contribution in [0, 0.1) is 5.92 Å². The molecular weight excluding hydrogens is 478 g/mol. The number of hydrogen-bond acceptors (Lipinski definition) is 7. The van der Waals surface area contributed by atoms with E-state index in [-0.39, 0.29) is 11.6 Å². The topological polar surface area (TPSA) is 109 Å². The number of hydrogen-bond donors (Lipinski definition) is 0. The third kappa shape index (κ3) is 4.42. The zero-order chi connectivity index (χ0) is 24.6. The van der Waals surface area contributed by atoms with Crippen molar-refractivity contribution in [3.63, 3.8) is 0 Å². The Balaban J connectivity index is 1.34. The molecule has 5 aromatic rings. The van der Waals surface area contributed by atoms with Gasteiger partial charge in [0, 0.05) is 52.8 Å². The molecule has 10 nitrogen and oxygen atoms in total. The van der Waals surface area contributed by atoms with Crippen LogP contribution in [-0.4, -0.2) is 44.8 Å². The van der Waals surface area contributed by atoms with E-state index in [1.165, 1.54) is 17.5 Å². The number of pyridine rings is 1. The summed E-state index contributed by atoms with van der Waals surface area (Å²) in [6.07, 6.45) is 12.2. The summed E-state index contributed by atoms with van der Waals surface area (Å²) in [6, 6.07) is 11.2. The van der Waals surface area contributed by atoms with Crippen molar-refractivity contribution < 1.29 is 0 Å². The molecule has 1 aliphatic rings. The van der Waals surface area contributed by atoms with Gasteiger partial charge in [-0.1, -0.05) is 30.5 Å². The third-order valence-electron chi connectivity index (χ3n) is 6.47. The maximum Gasteiger partial charge on any atom is 0.267 e. The smallest absolute Gasteiger partial charge is 0.267 e. The fraction of sp³-hybridized carbons (Fsp3) is 0.240. The molecule has 1 saturated carbocycles. The van der Waals surface area contributed by atoms with Gasteiger partial charge in [0.1, 0.15) is 6.33 Å². The summed E-state index contributed by atoms with van der Waals surface area (Å²) in [5, 5.41) is 20.9. The number of tetrazole rings is 1. The van der Waals surface area contributed by atoms with Gasteiger partial charge in [0.15, 0.2) is 0 Å².